The molecule has 1 saturated heterocycles. The first-order valence-electron chi connectivity index (χ1n) is 9.54. The maximum absolute atomic E-state index is 12.5. The van der Waals surface area contributed by atoms with Crippen LogP contribution >= 0.6 is 0 Å². The summed E-state index contributed by atoms with van der Waals surface area (Å²) in [5, 5.41) is 8.28. The number of aryl methyl sites for hydroxylation is 2. The van der Waals surface area contributed by atoms with Gasteiger partial charge in [0.05, 0.1) is 18.3 Å². The monoisotopic (exact) mass is 381 g/mol. The highest BCUT2D eigenvalue weighted by Crippen LogP contribution is 2.25. The van der Waals surface area contributed by atoms with E-state index in [2.05, 4.69) is 10.4 Å². The summed E-state index contributed by atoms with van der Waals surface area (Å²) >= 11 is 0. The highest BCUT2D eigenvalue weighted by molar-refractivity contribution is 5.95. The van der Waals surface area contributed by atoms with E-state index in [1.165, 1.54) is 0 Å². The summed E-state index contributed by atoms with van der Waals surface area (Å²) in [4.78, 5) is 24.8. The van der Waals surface area contributed by atoms with Gasteiger partial charge in [0, 0.05) is 31.0 Å². The van der Waals surface area contributed by atoms with Gasteiger partial charge in [0.25, 0.3) is 5.91 Å². The SMILES string of the molecule is Cc1cc(C2CCOC2)oc(=O)c1C(=O)NCCCn1ncc2ccccc21. The first-order valence-corrected chi connectivity index (χ1v) is 9.54. The van der Waals surface area contributed by atoms with Crippen LogP contribution in [0, 0.1) is 6.92 Å². The van der Waals surface area contributed by atoms with Gasteiger partial charge in [0.2, 0.25) is 0 Å². The van der Waals surface area contributed by atoms with Crippen LogP contribution in [0.25, 0.3) is 10.9 Å². The topological polar surface area (TPSA) is 86.4 Å². The first-order chi connectivity index (χ1) is 13.6. The van der Waals surface area contributed by atoms with Crippen LogP contribution in [-0.4, -0.2) is 35.4 Å². The van der Waals surface area contributed by atoms with Crippen molar-refractivity contribution >= 4 is 16.8 Å². The molecule has 3 aromatic rings. The van der Waals surface area contributed by atoms with E-state index in [-0.39, 0.29) is 11.5 Å². The number of rotatable bonds is 6. The summed E-state index contributed by atoms with van der Waals surface area (Å²) in [5.74, 6) is 0.292. The number of hydrogen-bond acceptors (Lipinski definition) is 5. The number of benzene rings is 1. The number of fused-ring (bicyclic) bond motifs is 1. The molecular formula is C21H23N3O4. The van der Waals surface area contributed by atoms with Gasteiger partial charge < -0.3 is 14.5 Å². The zero-order valence-corrected chi connectivity index (χ0v) is 15.8. The molecule has 28 heavy (non-hydrogen) atoms. The standard InChI is InChI=1S/C21H23N3O4/c1-14-11-18(16-7-10-27-13-16)28-21(26)19(14)20(25)22-8-4-9-24-17-6-3-2-5-15(17)12-23-24/h2-3,5-6,11-12,16H,4,7-10,13H2,1H3,(H,22,25). The van der Waals surface area contributed by atoms with Crippen molar-refractivity contribution in [3.8, 4) is 0 Å². The third-order valence-electron chi connectivity index (χ3n) is 5.11. The van der Waals surface area contributed by atoms with Crippen LogP contribution in [0.2, 0.25) is 0 Å². The van der Waals surface area contributed by atoms with Crippen molar-refractivity contribution < 1.29 is 13.9 Å². The van der Waals surface area contributed by atoms with Gasteiger partial charge in [-0.2, -0.15) is 5.10 Å². The molecule has 1 aromatic carbocycles. The number of amides is 1. The molecule has 1 fully saturated rings. The zero-order valence-electron chi connectivity index (χ0n) is 15.8. The van der Waals surface area contributed by atoms with Gasteiger partial charge in [-0.05, 0) is 37.5 Å². The number of para-hydroxylation sites is 1. The first kappa shape index (κ1) is 18.4. The molecule has 0 radical (unpaired) electrons. The van der Waals surface area contributed by atoms with Crippen LogP contribution in [0.15, 0.2) is 45.7 Å². The largest absolute Gasteiger partial charge is 0.427 e. The van der Waals surface area contributed by atoms with Gasteiger partial charge in [0.15, 0.2) is 0 Å². The van der Waals surface area contributed by atoms with Gasteiger partial charge in [-0.25, -0.2) is 4.79 Å². The fraction of sp³-hybridized carbons (Fsp3) is 0.381. The van der Waals surface area contributed by atoms with E-state index < -0.39 is 11.5 Å². The van der Waals surface area contributed by atoms with Gasteiger partial charge in [-0.3, -0.25) is 9.48 Å². The number of hydrogen-bond donors (Lipinski definition) is 1. The maximum Gasteiger partial charge on any atom is 0.349 e. The Labute approximate surface area is 162 Å². The average molecular weight is 381 g/mol. The van der Waals surface area contributed by atoms with E-state index in [0.717, 1.165) is 17.3 Å². The molecule has 7 nitrogen and oxygen atoms in total. The predicted octanol–water partition coefficient (Wildman–Crippen LogP) is 2.62. The van der Waals surface area contributed by atoms with Crippen molar-refractivity contribution in [2.75, 3.05) is 19.8 Å². The lowest BCUT2D eigenvalue weighted by Gasteiger charge is -2.11. The molecule has 1 unspecified atom stereocenters. The van der Waals surface area contributed by atoms with Crippen molar-refractivity contribution in [3.05, 3.63) is 63.8 Å². The molecule has 3 heterocycles. The molecule has 7 heteroatoms. The summed E-state index contributed by atoms with van der Waals surface area (Å²) < 4.78 is 12.7. The number of nitrogens with one attached hydrogen (secondary N) is 1. The van der Waals surface area contributed by atoms with Gasteiger partial charge in [-0.1, -0.05) is 18.2 Å². The second kappa shape index (κ2) is 7.98. The van der Waals surface area contributed by atoms with Crippen LogP contribution in [0.5, 0.6) is 0 Å². The van der Waals surface area contributed by atoms with Gasteiger partial charge in [-0.15, -0.1) is 0 Å². The number of nitrogens with zero attached hydrogens (tertiary/aromatic N) is 2. The minimum atomic E-state index is -0.586. The Morgan fingerprint density at radius 3 is 3.00 bits per heavy atom. The predicted molar refractivity (Wildman–Crippen MR) is 105 cm³/mol. The third-order valence-corrected chi connectivity index (χ3v) is 5.11. The minimum Gasteiger partial charge on any atom is -0.427 e. The summed E-state index contributed by atoms with van der Waals surface area (Å²) in [6.45, 7) is 4.12. The number of ether oxygens (including phenoxy) is 1. The fourth-order valence-electron chi connectivity index (χ4n) is 3.59. The van der Waals surface area contributed by atoms with E-state index in [1.54, 1.807) is 13.0 Å². The Morgan fingerprint density at radius 2 is 2.21 bits per heavy atom. The third kappa shape index (κ3) is 3.71. The summed E-state index contributed by atoms with van der Waals surface area (Å²) in [5.41, 5.74) is 1.19. The van der Waals surface area contributed by atoms with Crippen LogP contribution in [-0.2, 0) is 11.3 Å². The lowest BCUT2D eigenvalue weighted by Crippen LogP contribution is -2.31. The normalized spacial score (nSPS) is 16.5. The molecule has 2 aromatic heterocycles. The van der Waals surface area contributed by atoms with Crippen molar-refractivity contribution in [3.63, 3.8) is 0 Å². The van der Waals surface area contributed by atoms with Gasteiger partial charge >= 0.3 is 5.63 Å². The molecule has 0 spiro atoms. The van der Waals surface area contributed by atoms with Crippen LogP contribution < -0.4 is 10.9 Å². The lowest BCUT2D eigenvalue weighted by molar-refractivity contribution is 0.0947. The quantitative estimate of drug-likeness (QED) is 0.664. The van der Waals surface area contributed by atoms with Crippen LogP contribution in [0.3, 0.4) is 0 Å². The Kier molecular flexibility index (Phi) is 5.25. The van der Waals surface area contributed by atoms with E-state index >= 15 is 0 Å². The van der Waals surface area contributed by atoms with E-state index in [4.69, 9.17) is 9.15 Å². The molecule has 1 amide bonds. The minimum absolute atomic E-state index is 0.0761. The van der Waals surface area contributed by atoms with Crippen LogP contribution in [0.4, 0.5) is 0 Å². The Balaban J connectivity index is 1.36. The molecule has 1 atom stereocenters. The molecule has 1 aliphatic heterocycles. The van der Waals surface area contributed by atoms with Crippen LogP contribution in [0.1, 0.15) is 40.4 Å². The summed E-state index contributed by atoms with van der Waals surface area (Å²) in [6, 6.07) is 9.78. The number of carbonyl (C=O) groups is 1. The molecule has 0 saturated carbocycles. The molecule has 1 aliphatic rings. The number of aromatic nitrogens is 2. The maximum atomic E-state index is 12.5. The molecule has 1 N–H and O–H groups in total. The smallest absolute Gasteiger partial charge is 0.349 e. The number of carbonyl (C=O) groups excluding carboxylic acids is 1. The lowest BCUT2D eigenvalue weighted by atomic mass is 10.0. The Morgan fingerprint density at radius 1 is 1.36 bits per heavy atom. The zero-order chi connectivity index (χ0) is 19.5. The van der Waals surface area contributed by atoms with E-state index in [9.17, 15) is 9.59 Å². The summed E-state index contributed by atoms with van der Waals surface area (Å²) in [7, 11) is 0. The highest BCUT2D eigenvalue weighted by atomic mass is 16.5. The van der Waals surface area contributed by atoms with Gasteiger partial charge in [0.1, 0.15) is 11.3 Å². The highest BCUT2D eigenvalue weighted by Gasteiger charge is 2.23. The molecule has 146 valence electrons. The Hall–Kier alpha value is -2.93. The second-order valence-electron chi connectivity index (χ2n) is 7.09. The Bertz CT molecular complexity index is 1050. The second-order valence-corrected chi connectivity index (χ2v) is 7.09. The average Bonchev–Trinajstić information content (AvgIpc) is 3.35. The van der Waals surface area contributed by atoms with Crippen molar-refractivity contribution in [1.29, 1.82) is 0 Å². The molecule has 4 rings (SSSR count). The molecule has 0 bridgehead atoms. The van der Waals surface area contributed by atoms with Crippen molar-refractivity contribution in [2.45, 2.75) is 32.2 Å². The van der Waals surface area contributed by atoms with E-state index in [0.29, 0.717) is 44.0 Å². The molecule has 0 aliphatic carbocycles. The van der Waals surface area contributed by atoms with Crippen molar-refractivity contribution in [1.82, 2.24) is 15.1 Å². The fourth-order valence-corrected chi connectivity index (χ4v) is 3.59. The summed E-state index contributed by atoms with van der Waals surface area (Å²) in [6.07, 6.45) is 3.37. The van der Waals surface area contributed by atoms with E-state index in [1.807, 2.05) is 35.1 Å². The molecular weight excluding hydrogens is 358 g/mol. The van der Waals surface area contributed by atoms with Crippen molar-refractivity contribution in [2.24, 2.45) is 0 Å².